The predicted molar refractivity (Wildman–Crippen MR) is 115 cm³/mol. The first-order valence-corrected chi connectivity index (χ1v) is 10.2. The number of pyridine rings is 2. The van der Waals surface area contributed by atoms with Gasteiger partial charge in [0.25, 0.3) is 0 Å². The summed E-state index contributed by atoms with van der Waals surface area (Å²) in [5.41, 5.74) is 1.40. The van der Waals surface area contributed by atoms with Crippen molar-refractivity contribution < 1.29 is 24.6 Å². The van der Waals surface area contributed by atoms with Crippen molar-refractivity contribution in [2.75, 3.05) is 11.9 Å². The number of carboxylic acid groups (broad SMARTS) is 2. The van der Waals surface area contributed by atoms with Crippen LogP contribution in [-0.2, 0) is 6.42 Å². The Morgan fingerprint density at radius 3 is 2.48 bits per heavy atom. The SMILES string of the molecule is CCNC(=O)Nc1ncc(-c2cncc(C(=O)O)c2)c(-c2nc(CC)cs2)c1C(=O)O. The Morgan fingerprint density at radius 1 is 1.10 bits per heavy atom. The highest BCUT2D eigenvalue weighted by atomic mass is 32.1. The lowest BCUT2D eigenvalue weighted by molar-refractivity contribution is 0.0686. The molecule has 0 saturated carbocycles. The minimum Gasteiger partial charge on any atom is -0.478 e. The summed E-state index contributed by atoms with van der Waals surface area (Å²) in [6.45, 7) is 4.00. The molecule has 160 valence electrons. The molecule has 10 nitrogen and oxygen atoms in total. The number of rotatable bonds is 7. The molecule has 0 aliphatic rings. The van der Waals surface area contributed by atoms with E-state index in [2.05, 4.69) is 25.6 Å². The van der Waals surface area contributed by atoms with Crippen LogP contribution in [0.5, 0.6) is 0 Å². The number of thiazole rings is 1. The standard InChI is InChI=1S/C20H19N5O5S/c1-3-12-9-31-17(24-12)14-13(10-5-11(18(26)27)7-21-6-10)8-23-16(15(14)19(28)29)25-20(30)22-4-2/h5-9H,3-4H2,1-2H3,(H,26,27)(H,28,29)(H2,22,23,25,30). The zero-order valence-electron chi connectivity index (χ0n) is 16.7. The monoisotopic (exact) mass is 441 g/mol. The molecule has 0 bridgehead atoms. The maximum Gasteiger partial charge on any atom is 0.340 e. The molecule has 0 spiro atoms. The first kappa shape index (κ1) is 21.8. The fourth-order valence-electron chi connectivity index (χ4n) is 2.86. The van der Waals surface area contributed by atoms with Crippen molar-refractivity contribution in [1.82, 2.24) is 20.3 Å². The molecule has 3 heterocycles. The number of carbonyl (C=O) groups excluding carboxylic acids is 1. The van der Waals surface area contributed by atoms with Crippen molar-refractivity contribution in [2.45, 2.75) is 20.3 Å². The Hall–Kier alpha value is -3.86. The van der Waals surface area contributed by atoms with Gasteiger partial charge in [0.2, 0.25) is 0 Å². The second-order valence-corrected chi connectivity index (χ2v) is 7.18. The number of carbonyl (C=O) groups is 3. The largest absolute Gasteiger partial charge is 0.478 e. The quantitative estimate of drug-likeness (QED) is 0.435. The van der Waals surface area contributed by atoms with E-state index >= 15 is 0 Å². The first-order chi connectivity index (χ1) is 14.8. The third kappa shape index (κ3) is 4.67. The van der Waals surface area contributed by atoms with Gasteiger partial charge in [-0.1, -0.05) is 6.92 Å². The number of nitrogens with zero attached hydrogens (tertiary/aromatic N) is 3. The molecule has 31 heavy (non-hydrogen) atoms. The maximum atomic E-state index is 12.2. The number of carboxylic acids is 2. The minimum atomic E-state index is -1.31. The van der Waals surface area contributed by atoms with Gasteiger partial charge in [0.05, 0.1) is 11.3 Å². The molecular weight excluding hydrogens is 422 g/mol. The topological polar surface area (TPSA) is 154 Å². The summed E-state index contributed by atoms with van der Waals surface area (Å²) < 4.78 is 0. The number of aryl methyl sites for hydroxylation is 1. The van der Waals surface area contributed by atoms with E-state index in [4.69, 9.17) is 0 Å². The van der Waals surface area contributed by atoms with E-state index in [1.54, 1.807) is 6.92 Å². The maximum absolute atomic E-state index is 12.2. The van der Waals surface area contributed by atoms with Crippen LogP contribution in [0.3, 0.4) is 0 Å². The Morgan fingerprint density at radius 2 is 1.87 bits per heavy atom. The van der Waals surface area contributed by atoms with Gasteiger partial charge >= 0.3 is 18.0 Å². The lowest BCUT2D eigenvalue weighted by Crippen LogP contribution is -2.29. The molecule has 11 heteroatoms. The number of urea groups is 1. The van der Waals surface area contributed by atoms with Gasteiger partial charge in [-0.2, -0.15) is 0 Å². The van der Waals surface area contributed by atoms with E-state index < -0.39 is 18.0 Å². The second kappa shape index (κ2) is 9.30. The van der Waals surface area contributed by atoms with Crippen LogP contribution < -0.4 is 10.6 Å². The van der Waals surface area contributed by atoms with Crippen molar-refractivity contribution in [3.63, 3.8) is 0 Å². The number of aromatic nitrogens is 3. The molecule has 0 fully saturated rings. The molecule has 0 radical (unpaired) electrons. The van der Waals surface area contributed by atoms with Crippen LogP contribution in [0.15, 0.2) is 30.0 Å². The third-order valence-electron chi connectivity index (χ3n) is 4.29. The fourth-order valence-corrected chi connectivity index (χ4v) is 3.82. The average Bonchev–Trinajstić information content (AvgIpc) is 3.22. The van der Waals surface area contributed by atoms with Gasteiger partial charge in [-0.25, -0.2) is 24.4 Å². The molecule has 3 aromatic rings. The molecule has 0 aromatic carbocycles. The Balaban J connectivity index is 2.29. The normalized spacial score (nSPS) is 10.5. The van der Waals surface area contributed by atoms with Crippen molar-refractivity contribution in [3.8, 4) is 21.7 Å². The fraction of sp³-hybridized carbons (Fsp3) is 0.200. The van der Waals surface area contributed by atoms with Crippen LogP contribution in [-0.4, -0.2) is 49.7 Å². The van der Waals surface area contributed by atoms with E-state index in [1.807, 2.05) is 12.3 Å². The van der Waals surface area contributed by atoms with E-state index in [0.717, 1.165) is 5.69 Å². The van der Waals surface area contributed by atoms with Crippen LogP contribution in [0.1, 0.15) is 40.3 Å². The molecule has 3 rings (SSSR count). The van der Waals surface area contributed by atoms with Gasteiger partial charge in [-0.15, -0.1) is 11.3 Å². The average molecular weight is 441 g/mol. The minimum absolute atomic E-state index is 0.0572. The highest BCUT2D eigenvalue weighted by Gasteiger charge is 2.26. The Bertz CT molecular complexity index is 1160. The summed E-state index contributed by atoms with van der Waals surface area (Å²) in [5.74, 6) is -2.63. The van der Waals surface area contributed by atoms with E-state index in [1.165, 1.54) is 36.0 Å². The number of nitrogens with one attached hydrogen (secondary N) is 2. The highest BCUT2D eigenvalue weighted by molar-refractivity contribution is 7.13. The number of hydrogen-bond acceptors (Lipinski definition) is 7. The summed E-state index contributed by atoms with van der Waals surface area (Å²) in [4.78, 5) is 48.2. The molecule has 0 unspecified atom stereocenters. The summed E-state index contributed by atoms with van der Waals surface area (Å²) in [5, 5.41) is 26.5. The number of amides is 2. The van der Waals surface area contributed by atoms with Gasteiger partial charge in [-0.3, -0.25) is 10.3 Å². The summed E-state index contributed by atoms with van der Waals surface area (Å²) in [6.07, 6.45) is 4.64. The lowest BCUT2D eigenvalue weighted by atomic mass is 9.97. The molecule has 0 saturated heterocycles. The van der Waals surface area contributed by atoms with Gasteiger partial charge in [0, 0.05) is 47.2 Å². The smallest absolute Gasteiger partial charge is 0.340 e. The van der Waals surface area contributed by atoms with Crippen molar-refractivity contribution in [1.29, 1.82) is 0 Å². The van der Waals surface area contributed by atoms with Gasteiger partial charge in [0.15, 0.2) is 0 Å². The molecule has 2 amide bonds. The zero-order chi connectivity index (χ0) is 22.5. The number of hydrogen-bond donors (Lipinski definition) is 4. The van der Waals surface area contributed by atoms with E-state index in [9.17, 15) is 24.6 Å². The molecule has 0 aliphatic carbocycles. The first-order valence-electron chi connectivity index (χ1n) is 9.30. The second-order valence-electron chi connectivity index (χ2n) is 6.33. The molecule has 0 atom stereocenters. The van der Waals surface area contributed by atoms with Gasteiger partial charge < -0.3 is 15.5 Å². The van der Waals surface area contributed by atoms with Gasteiger partial charge in [-0.05, 0) is 19.4 Å². The summed E-state index contributed by atoms with van der Waals surface area (Å²) in [6, 6.07) is 0.784. The van der Waals surface area contributed by atoms with Crippen LogP contribution in [0.4, 0.5) is 10.6 Å². The molecule has 0 aliphatic heterocycles. The van der Waals surface area contributed by atoms with Crippen molar-refractivity contribution in [2.24, 2.45) is 0 Å². The van der Waals surface area contributed by atoms with Crippen LogP contribution in [0, 0.1) is 0 Å². The van der Waals surface area contributed by atoms with E-state index in [0.29, 0.717) is 29.1 Å². The predicted octanol–water partition coefficient (Wildman–Crippen LogP) is 3.37. The van der Waals surface area contributed by atoms with Crippen LogP contribution in [0.25, 0.3) is 21.7 Å². The number of aromatic carboxylic acids is 2. The third-order valence-corrected chi connectivity index (χ3v) is 5.19. The highest BCUT2D eigenvalue weighted by Crippen LogP contribution is 2.39. The summed E-state index contributed by atoms with van der Waals surface area (Å²) in [7, 11) is 0. The Labute approximate surface area is 181 Å². The lowest BCUT2D eigenvalue weighted by Gasteiger charge is -2.15. The van der Waals surface area contributed by atoms with E-state index in [-0.39, 0.29) is 22.5 Å². The van der Waals surface area contributed by atoms with Crippen molar-refractivity contribution in [3.05, 3.63) is 46.9 Å². The summed E-state index contributed by atoms with van der Waals surface area (Å²) >= 11 is 1.25. The number of anilines is 1. The van der Waals surface area contributed by atoms with Crippen molar-refractivity contribution >= 4 is 35.1 Å². The molecular formula is C20H19N5O5S. The molecule has 3 aromatic heterocycles. The van der Waals surface area contributed by atoms with Crippen LogP contribution >= 0.6 is 11.3 Å². The Kier molecular flexibility index (Phi) is 6.55. The molecule has 4 N–H and O–H groups in total. The van der Waals surface area contributed by atoms with Crippen LogP contribution in [0.2, 0.25) is 0 Å². The van der Waals surface area contributed by atoms with Gasteiger partial charge in [0.1, 0.15) is 16.4 Å². The zero-order valence-corrected chi connectivity index (χ0v) is 17.5.